The number of hydrogen-bond donors (Lipinski definition) is 2. The van der Waals surface area contributed by atoms with Crippen LogP contribution in [0.2, 0.25) is 0 Å². The number of carbonyl (C=O) groups excluding carboxylic acids is 1. The number of hydroxylamine groups is 2. The van der Waals surface area contributed by atoms with Crippen molar-refractivity contribution in [3.8, 4) is 0 Å². The minimum atomic E-state index is -4.08. The van der Waals surface area contributed by atoms with Gasteiger partial charge in [0.05, 0.1) is 35.4 Å². The first-order chi connectivity index (χ1) is 14.8. The quantitative estimate of drug-likeness (QED) is 0.207. The van der Waals surface area contributed by atoms with Gasteiger partial charge in [-0.25, -0.2) is 9.63 Å². The molecule has 1 aliphatic rings. The lowest BCUT2D eigenvalue weighted by atomic mass is 9.82. The highest BCUT2D eigenvalue weighted by Gasteiger charge is 2.42. The van der Waals surface area contributed by atoms with Gasteiger partial charge in [0.15, 0.2) is 0 Å². The van der Waals surface area contributed by atoms with Gasteiger partial charge in [-0.05, 0) is 44.7 Å². The second-order valence-electron chi connectivity index (χ2n) is 8.46. The largest absolute Gasteiger partial charge is 0.481 e. The maximum atomic E-state index is 13.0. The Morgan fingerprint density at radius 3 is 2.53 bits per heavy atom. The zero-order valence-electron chi connectivity index (χ0n) is 19.0. The Bertz CT molecular complexity index is 1000. The van der Waals surface area contributed by atoms with Crippen LogP contribution in [0.1, 0.15) is 68.8 Å². The molecule has 0 unspecified atom stereocenters. The molecule has 1 aliphatic heterocycles. The number of hydrogen-bond acceptors (Lipinski definition) is 6. The number of aliphatic carboxylic acids is 1. The summed E-state index contributed by atoms with van der Waals surface area (Å²) >= 11 is 0. The van der Waals surface area contributed by atoms with Crippen LogP contribution in [0, 0.1) is 0 Å². The number of aliphatic imine (C=N–C) groups is 1. The molecule has 0 atom stereocenters. The van der Waals surface area contributed by atoms with Gasteiger partial charge in [0, 0.05) is 19.9 Å². The third kappa shape index (κ3) is 6.81. The zero-order chi connectivity index (χ0) is 24.1. The van der Waals surface area contributed by atoms with E-state index < -0.39 is 16.1 Å². The first-order valence-electron chi connectivity index (χ1n) is 10.5. The third-order valence-electron chi connectivity index (χ3n) is 5.61. The van der Waals surface area contributed by atoms with Crippen molar-refractivity contribution in [2.24, 2.45) is 4.99 Å². The fraction of sp³-hybridized carbons (Fsp3) is 0.619. The Morgan fingerprint density at radius 1 is 1.22 bits per heavy atom. The summed E-state index contributed by atoms with van der Waals surface area (Å²) in [5.41, 5.74) is 1.73. The lowest BCUT2D eigenvalue weighted by Gasteiger charge is -2.20. The summed E-state index contributed by atoms with van der Waals surface area (Å²) in [5.74, 6) is -0.908. The van der Waals surface area contributed by atoms with Crippen molar-refractivity contribution in [2.75, 3.05) is 19.4 Å². The standard InChI is InChI=1S/C21H31N3O7S/c1-15-21(2,3)17-13-16(14-24(19(17)22-15)10-8-12-32(28,29)30)20(27)23(4)31-11-7-5-6-9-18(25)26/h13-14H,5-12H2,1-4H3,(H-,25,26,28,29,30)/p+1. The molecule has 178 valence electrons. The SMILES string of the molecule is CC1=Nc2c(cc(C(=O)N(C)OCCCCCC(=O)O)c[n+]2CCCS(=O)(=O)O)C1(C)C. The highest BCUT2D eigenvalue weighted by Crippen LogP contribution is 2.38. The topological polar surface area (TPSA) is 137 Å². The summed E-state index contributed by atoms with van der Waals surface area (Å²) in [7, 11) is -2.56. The summed E-state index contributed by atoms with van der Waals surface area (Å²) < 4.78 is 32.9. The first kappa shape index (κ1) is 25.9. The van der Waals surface area contributed by atoms with E-state index in [0.29, 0.717) is 30.6 Å². The average Bonchev–Trinajstić information content (AvgIpc) is 2.91. The highest BCUT2D eigenvalue weighted by molar-refractivity contribution is 7.85. The lowest BCUT2D eigenvalue weighted by Crippen LogP contribution is -2.39. The van der Waals surface area contributed by atoms with Gasteiger partial charge in [-0.1, -0.05) is 6.42 Å². The minimum absolute atomic E-state index is 0.110. The predicted octanol–water partition coefficient (Wildman–Crippen LogP) is 2.28. The van der Waals surface area contributed by atoms with Crippen LogP contribution in [0.5, 0.6) is 0 Å². The number of nitrogens with zero attached hydrogens (tertiary/aromatic N) is 3. The summed E-state index contributed by atoms with van der Waals surface area (Å²) in [6, 6.07) is 1.78. The van der Waals surface area contributed by atoms with Crippen LogP contribution in [0.15, 0.2) is 17.3 Å². The van der Waals surface area contributed by atoms with Crippen LogP contribution in [0.25, 0.3) is 0 Å². The van der Waals surface area contributed by atoms with Gasteiger partial charge in [0.1, 0.15) is 11.9 Å². The van der Waals surface area contributed by atoms with E-state index in [1.54, 1.807) is 16.8 Å². The number of carboxylic acids is 1. The number of unbranched alkanes of at least 4 members (excludes halogenated alkanes) is 2. The maximum Gasteiger partial charge on any atom is 0.327 e. The third-order valence-corrected chi connectivity index (χ3v) is 6.42. The number of carboxylic acid groups (broad SMARTS) is 1. The van der Waals surface area contributed by atoms with Crippen molar-refractivity contribution in [2.45, 2.75) is 64.8 Å². The molecule has 0 saturated carbocycles. The van der Waals surface area contributed by atoms with Crippen molar-refractivity contribution < 1.29 is 37.1 Å². The second-order valence-corrected chi connectivity index (χ2v) is 10.0. The van der Waals surface area contributed by atoms with Crippen molar-refractivity contribution >= 4 is 33.5 Å². The molecule has 0 spiro atoms. The molecule has 2 heterocycles. The summed E-state index contributed by atoms with van der Waals surface area (Å²) in [6.45, 7) is 6.47. The Hall–Kier alpha value is -2.37. The van der Waals surface area contributed by atoms with Gasteiger partial charge in [-0.3, -0.25) is 19.0 Å². The van der Waals surface area contributed by atoms with Crippen LogP contribution >= 0.6 is 0 Å². The van der Waals surface area contributed by atoms with Gasteiger partial charge >= 0.3 is 11.8 Å². The predicted molar refractivity (Wildman–Crippen MR) is 118 cm³/mol. The number of aromatic nitrogens is 1. The molecule has 0 aliphatic carbocycles. The van der Waals surface area contributed by atoms with Gasteiger partial charge < -0.3 is 5.11 Å². The molecule has 0 bridgehead atoms. The van der Waals surface area contributed by atoms with Crippen molar-refractivity contribution in [3.05, 3.63) is 23.4 Å². The number of amides is 1. The Kier molecular flexibility index (Phi) is 8.49. The fourth-order valence-corrected chi connectivity index (χ4v) is 3.91. The van der Waals surface area contributed by atoms with Crippen LogP contribution < -0.4 is 4.57 Å². The molecule has 11 heteroatoms. The smallest absolute Gasteiger partial charge is 0.327 e. The summed E-state index contributed by atoms with van der Waals surface area (Å²) in [5, 5.41) is 9.81. The Balaban J connectivity index is 2.14. The monoisotopic (exact) mass is 470 g/mol. The van der Waals surface area contributed by atoms with E-state index in [-0.39, 0.29) is 43.1 Å². The molecule has 1 aromatic heterocycles. The van der Waals surface area contributed by atoms with Gasteiger partial charge in [-0.15, -0.1) is 0 Å². The average molecular weight is 471 g/mol. The number of pyridine rings is 1. The minimum Gasteiger partial charge on any atom is -0.481 e. The molecule has 1 aromatic rings. The van der Waals surface area contributed by atoms with Crippen molar-refractivity contribution in [1.29, 1.82) is 0 Å². The molecule has 2 rings (SSSR count). The van der Waals surface area contributed by atoms with E-state index in [1.165, 1.54) is 7.05 Å². The summed E-state index contributed by atoms with van der Waals surface area (Å²) in [6.07, 6.45) is 3.77. The normalized spacial score (nSPS) is 14.7. The van der Waals surface area contributed by atoms with Crippen LogP contribution in [-0.4, -0.2) is 60.1 Å². The number of fused-ring (bicyclic) bond motifs is 1. The molecule has 32 heavy (non-hydrogen) atoms. The summed E-state index contributed by atoms with van der Waals surface area (Å²) in [4.78, 5) is 33.6. The molecule has 10 nitrogen and oxygen atoms in total. The van der Waals surface area contributed by atoms with Crippen molar-refractivity contribution in [3.63, 3.8) is 0 Å². The second kappa shape index (κ2) is 10.5. The van der Waals surface area contributed by atoms with Crippen LogP contribution in [-0.2, 0) is 31.7 Å². The molecular formula is C21H32N3O7S+. The first-order valence-corrected chi connectivity index (χ1v) is 12.2. The van der Waals surface area contributed by atoms with Crippen LogP contribution in [0.3, 0.4) is 0 Å². The fourth-order valence-electron chi connectivity index (χ4n) is 3.42. The van der Waals surface area contributed by atoms with E-state index >= 15 is 0 Å². The molecule has 0 aromatic carbocycles. The molecule has 2 N–H and O–H groups in total. The Labute approximate surface area is 188 Å². The van der Waals surface area contributed by atoms with Crippen molar-refractivity contribution in [1.82, 2.24) is 5.06 Å². The number of rotatable bonds is 12. The lowest BCUT2D eigenvalue weighted by molar-refractivity contribution is -0.684. The molecule has 0 saturated heterocycles. The number of carbonyl (C=O) groups is 2. The number of aryl methyl sites for hydroxylation is 1. The highest BCUT2D eigenvalue weighted by atomic mass is 32.2. The van der Waals surface area contributed by atoms with Crippen LogP contribution in [0.4, 0.5) is 5.82 Å². The van der Waals surface area contributed by atoms with Gasteiger partial charge in [-0.2, -0.15) is 8.42 Å². The molecule has 0 radical (unpaired) electrons. The van der Waals surface area contributed by atoms with E-state index in [4.69, 9.17) is 14.5 Å². The van der Waals surface area contributed by atoms with Gasteiger partial charge in [0.2, 0.25) is 0 Å². The Morgan fingerprint density at radius 2 is 1.91 bits per heavy atom. The van der Waals surface area contributed by atoms with E-state index in [0.717, 1.165) is 16.3 Å². The van der Waals surface area contributed by atoms with E-state index in [1.807, 2.05) is 20.8 Å². The maximum absolute atomic E-state index is 13.0. The molecule has 0 fully saturated rings. The van der Waals surface area contributed by atoms with E-state index in [2.05, 4.69) is 4.99 Å². The van der Waals surface area contributed by atoms with Gasteiger partial charge in [0.25, 0.3) is 16.0 Å². The van der Waals surface area contributed by atoms with E-state index in [9.17, 15) is 18.0 Å². The molecule has 1 amide bonds. The zero-order valence-corrected chi connectivity index (χ0v) is 19.8. The molecular weight excluding hydrogens is 438 g/mol.